The number of hydrazine groups is 1. The molecular formula is C18H22N2O3. The molecule has 0 atom stereocenters. The van der Waals surface area contributed by atoms with Crippen molar-refractivity contribution in [3.63, 3.8) is 0 Å². The number of anilines is 1. The van der Waals surface area contributed by atoms with Crippen LogP contribution >= 0.6 is 0 Å². The maximum atomic E-state index is 5.63. The second-order valence-electron chi connectivity index (χ2n) is 4.72. The Morgan fingerprint density at radius 2 is 1.87 bits per heavy atom. The number of rotatable bonds is 10. The number of hydrogen-bond acceptors (Lipinski definition) is 5. The van der Waals surface area contributed by atoms with E-state index < -0.39 is 0 Å². The van der Waals surface area contributed by atoms with E-state index in [1.165, 1.54) is 6.26 Å². The zero-order valence-electron chi connectivity index (χ0n) is 13.2. The molecule has 0 radical (unpaired) electrons. The summed E-state index contributed by atoms with van der Waals surface area (Å²) < 4.78 is 16.0. The van der Waals surface area contributed by atoms with Gasteiger partial charge in [-0.2, -0.15) is 0 Å². The average molecular weight is 314 g/mol. The Hall–Kier alpha value is -2.66. The van der Waals surface area contributed by atoms with Crippen LogP contribution in [0.4, 0.5) is 5.69 Å². The number of benzene rings is 2. The van der Waals surface area contributed by atoms with Crippen molar-refractivity contribution in [2.45, 2.75) is 6.54 Å². The number of nitrogens with one attached hydrogen (secondary N) is 2. The molecule has 2 rings (SSSR count). The minimum Gasteiger partial charge on any atom is -0.498 e. The second-order valence-corrected chi connectivity index (χ2v) is 4.72. The van der Waals surface area contributed by atoms with Crippen LogP contribution < -0.4 is 20.3 Å². The zero-order chi connectivity index (χ0) is 16.3. The van der Waals surface area contributed by atoms with E-state index in [0.29, 0.717) is 31.3 Å². The first-order chi connectivity index (χ1) is 11.3. The lowest BCUT2D eigenvalue weighted by Gasteiger charge is -2.13. The van der Waals surface area contributed by atoms with E-state index in [1.54, 1.807) is 7.11 Å². The second kappa shape index (κ2) is 9.38. The Bertz CT molecular complexity index is 602. The summed E-state index contributed by atoms with van der Waals surface area (Å²) in [4.78, 5) is 0. The molecule has 2 N–H and O–H groups in total. The monoisotopic (exact) mass is 314 g/mol. The minimum atomic E-state index is 0.440. The lowest BCUT2D eigenvalue weighted by atomic mass is 10.2. The lowest BCUT2D eigenvalue weighted by molar-refractivity contribution is 0.176. The van der Waals surface area contributed by atoms with Gasteiger partial charge in [0.1, 0.15) is 13.2 Å². The van der Waals surface area contributed by atoms with E-state index in [2.05, 4.69) is 17.4 Å². The molecule has 23 heavy (non-hydrogen) atoms. The van der Waals surface area contributed by atoms with Crippen LogP contribution in [0.5, 0.6) is 11.5 Å². The van der Waals surface area contributed by atoms with Gasteiger partial charge in [-0.3, -0.25) is 0 Å². The van der Waals surface area contributed by atoms with Crippen LogP contribution in [0.15, 0.2) is 61.4 Å². The zero-order valence-corrected chi connectivity index (χ0v) is 13.2. The Kier molecular flexibility index (Phi) is 6.81. The largest absolute Gasteiger partial charge is 0.498 e. The van der Waals surface area contributed by atoms with E-state index in [1.807, 2.05) is 48.5 Å². The fourth-order valence-electron chi connectivity index (χ4n) is 1.99. The first kappa shape index (κ1) is 16.7. The molecule has 0 fully saturated rings. The molecule has 0 aliphatic carbocycles. The fourth-order valence-corrected chi connectivity index (χ4v) is 1.99. The Morgan fingerprint density at radius 1 is 1.04 bits per heavy atom. The van der Waals surface area contributed by atoms with Crippen molar-refractivity contribution in [1.82, 2.24) is 5.43 Å². The van der Waals surface area contributed by atoms with E-state index in [0.717, 1.165) is 11.3 Å². The van der Waals surface area contributed by atoms with Gasteiger partial charge in [-0.15, -0.1) is 0 Å². The Balaban J connectivity index is 1.86. The lowest BCUT2D eigenvalue weighted by Crippen LogP contribution is -2.20. The summed E-state index contributed by atoms with van der Waals surface area (Å²) in [6.45, 7) is 5.04. The molecule has 2 aromatic carbocycles. The van der Waals surface area contributed by atoms with E-state index in [4.69, 9.17) is 14.2 Å². The Labute approximate surface area is 136 Å². The van der Waals surface area contributed by atoms with Crippen molar-refractivity contribution in [2.75, 3.05) is 25.7 Å². The highest BCUT2D eigenvalue weighted by molar-refractivity contribution is 5.44. The molecule has 0 aliphatic heterocycles. The molecule has 0 saturated heterocycles. The first-order valence-corrected chi connectivity index (χ1v) is 7.39. The summed E-state index contributed by atoms with van der Waals surface area (Å²) in [5, 5.41) is 0. The first-order valence-electron chi connectivity index (χ1n) is 7.39. The molecule has 122 valence electrons. The number of methoxy groups -OCH3 is 1. The SMILES string of the molecule is C=COCCOc1ccc(CNNc2ccccc2)cc1OC. The number of ether oxygens (including phenoxy) is 3. The van der Waals surface area contributed by atoms with Gasteiger partial charge in [-0.05, 0) is 29.8 Å². The van der Waals surface area contributed by atoms with Crippen molar-refractivity contribution in [3.05, 3.63) is 66.9 Å². The molecule has 0 unspecified atom stereocenters. The van der Waals surface area contributed by atoms with Gasteiger partial charge in [-0.25, -0.2) is 5.43 Å². The third-order valence-corrected chi connectivity index (χ3v) is 3.10. The summed E-state index contributed by atoms with van der Waals surface area (Å²) in [6, 6.07) is 15.8. The minimum absolute atomic E-state index is 0.440. The third-order valence-electron chi connectivity index (χ3n) is 3.10. The van der Waals surface area contributed by atoms with Crippen LogP contribution in [0.1, 0.15) is 5.56 Å². The molecule has 0 saturated carbocycles. The highest BCUT2D eigenvalue weighted by Gasteiger charge is 2.05. The van der Waals surface area contributed by atoms with Gasteiger partial charge in [0.15, 0.2) is 11.5 Å². The molecular weight excluding hydrogens is 292 g/mol. The molecule has 0 spiro atoms. The van der Waals surface area contributed by atoms with Crippen molar-refractivity contribution in [2.24, 2.45) is 0 Å². The van der Waals surface area contributed by atoms with Crippen LogP contribution in [-0.2, 0) is 11.3 Å². The summed E-state index contributed by atoms with van der Waals surface area (Å²) in [6.07, 6.45) is 1.40. The summed E-state index contributed by atoms with van der Waals surface area (Å²) in [7, 11) is 1.63. The van der Waals surface area contributed by atoms with Crippen molar-refractivity contribution < 1.29 is 14.2 Å². The molecule has 5 nitrogen and oxygen atoms in total. The van der Waals surface area contributed by atoms with E-state index in [9.17, 15) is 0 Å². The quantitative estimate of drug-likeness (QED) is 0.400. The molecule has 0 bridgehead atoms. The summed E-state index contributed by atoms with van der Waals surface area (Å²) in [5.74, 6) is 1.39. The van der Waals surface area contributed by atoms with Crippen LogP contribution in [0.2, 0.25) is 0 Å². The van der Waals surface area contributed by atoms with Gasteiger partial charge < -0.3 is 19.6 Å². The molecule has 0 amide bonds. The predicted octanol–water partition coefficient (Wildman–Crippen LogP) is 3.35. The van der Waals surface area contributed by atoms with E-state index >= 15 is 0 Å². The van der Waals surface area contributed by atoms with Crippen LogP contribution in [0.3, 0.4) is 0 Å². The normalized spacial score (nSPS) is 9.96. The molecule has 0 aliphatic rings. The number of para-hydroxylation sites is 1. The highest BCUT2D eigenvalue weighted by Crippen LogP contribution is 2.28. The average Bonchev–Trinajstić information content (AvgIpc) is 2.60. The van der Waals surface area contributed by atoms with E-state index in [-0.39, 0.29) is 0 Å². The highest BCUT2D eigenvalue weighted by atomic mass is 16.5. The van der Waals surface area contributed by atoms with Crippen molar-refractivity contribution >= 4 is 5.69 Å². The smallest absolute Gasteiger partial charge is 0.161 e. The molecule has 0 heterocycles. The van der Waals surface area contributed by atoms with Gasteiger partial charge in [-0.1, -0.05) is 30.8 Å². The third kappa shape index (κ3) is 5.56. The van der Waals surface area contributed by atoms with Crippen LogP contribution in [0, 0.1) is 0 Å². The van der Waals surface area contributed by atoms with Gasteiger partial charge in [0, 0.05) is 12.2 Å². The summed E-state index contributed by atoms with van der Waals surface area (Å²) >= 11 is 0. The van der Waals surface area contributed by atoms with Crippen molar-refractivity contribution in [1.29, 1.82) is 0 Å². The molecule has 5 heteroatoms. The number of hydrogen-bond donors (Lipinski definition) is 2. The van der Waals surface area contributed by atoms with Crippen LogP contribution in [0.25, 0.3) is 0 Å². The molecule has 0 aromatic heterocycles. The Morgan fingerprint density at radius 3 is 2.61 bits per heavy atom. The topological polar surface area (TPSA) is 51.8 Å². The fraction of sp³-hybridized carbons (Fsp3) is 0.222. The van der Waals surface area contributed by atoms with Gasteiger partial charge >= 0.3 is 0 Å². The summed E-state index contributed by atoms with van der Waals surface area (Å²) in [5.41, 5.74) is 8.42. The maximum Gasteiger partial charge on any atom is 0.161 e. The maximum absolute atomic E-state index is 5.63. The standard InChI is InChI=1S/C18H22N2O3/c1-3-22-11-12-23-17-10-9-15(13-18(17)21-2)14-19-20-16-7-5-4-6-8-16/h3-10,13,19-20H,1,11-12,14H2,2H3. The van der Waals surface area contributed by atoms with Crippen LogP contribution in [-0.4, -0.2) is 20.3 Å². The van der Waals surface area contributed by atoms with Gasteiger partial charge in [0.2, 0.25) is 0 Å². The predicted molar refractivity (Wildman–Crippen MR) is 91.5 cm³/mol. The van der Waals surface area contributed by atoms with Crippen molar-refractivity contribution in [3.8, 4) is 11.5 Å². The van der Waals surface area contributed by atoms with Gasteiger partial charge in [0.05, 0.1) is 13.4 Å². The van der Waals surface area contributed by atoms with Gasteiger partial charge in [0.25, 0.3) is 0 Å². The molecule has 2 aromatic rings.